The molecule has 0 fully saturated rings. The van der Waals surface area contributed by atoms with Gasteiger partial charge >= 0.3 is 0 Å². The van der Waals surface area contributed by atoms with Crippen molar-refractivity contribution >= 4 is 35.0 Å². The van der Waals surface area contributed by atoms with Gasteiger partial charge in [0.1, 0.15) is 5.82 Å². The Morgan fingerprint density at radius 1 is 1.30 bits per heavy atom. The molecule has 27 heavy (non-hydrogen) atoms. The van der Waals surface area contributed by atoms with E-state index >= 15 is 0 Å². The molecule has 0 radical (unpaired) electrons. The number of hydrogen-bond acceptors (Lipinski definition) is 5. The van der Waals surface area contributed by atoms with Gasteiger partial charge in [-0.2, -0.15) is 4.68 Å². The summed E-state index contributed by atoms with van der Waals surface area (Å²) in [5.74, 6) is -0.803. The van der Waals surface area contributed by atoms with Crippen molar-refractivity contribution in [2.75, 3.05) is 5.32 Å². The number of aromatic nitrogens is 4. The van der Waals surface area contributed by atoms with E-state index in [4.69, 9.17) is 11.6 Å². The van der Waals surface area contributed by atoms with Crippen LogP contribution in [0.4, 0.5) is 10.1 Å². The lowest BCUT2D eigenvalue weighted by molar-refractivity contribution is -0.115. The molecule has 140 valence electrons. The first kappa shape index (κ1) is 19.3. The van der Waals surface area contributed by atoms with Crippen LogP contribution in [0, 0.1) is 19.7 Å². The maximum Gasteiger partial charge on any atom is 0.237 e. The summed E-state index contributed by atoms with van der Waals surface area (Å²) in [6.45, 7) is 5.75. The molecule has 0 saturated heterocycles. The molecule has 1 amide bonds. The second-order valence-corrected chi connectivity index (χ2v) is 7.69. The van der Waals surface area contributed by atoms with E-state index in [1.54, 1.807) is 11.6 Å². The highest BCUT2D eigenvalue weighted by molar-refractivity contribution is 8.00. The average Bonchev–Trinajstić information content (AvgIpc) is 3.08. The van der Waals surface area contributed by atoms with Gasteiger partial charge in [-0.05, 0) is 66.6 Å². The summed E-state index contributed by atoms with van der Waals surface area (Å²) in [7, 11) is 0. The van der Waals surface area contributed by atoms with Crippen molar-refractivity contribution in [1.29, 1.82) is 0 Å². The van der Waals surface area contributed by atoms with Crippen molar-refractivity contribution in [1.82, 2.24) is 20.2 Å². The minimum absolute atomic E-state index is 0.0491. The molecule has 3 rings (SSSR count). The molecule has 0 aliphatic carbocycles. The SMILES string of the molecule is Cc1cccc(-n2nnnc2SC(C)C(=O)Nc2ccc(F)c(Cl)c2)c1C. The summed E-state index contributed by atoms with van der Waals surface area (Å²) in [5, 5.41) is 14.5. The highest BCUT2D eigenvalue weighted by atomic mass is 35.5. The number of tetrazole rings is 1. The minimum atomic E-state index is -0.537. The molecule has 0 saturated carbocycles. The molecule has 6 nitrogen and oxygen atoms in total. The van der Waals surface area contributed by atoms with Crippen molar-refractivity contribution in [3.63, 3.8) is 0 Å². The molecule has 1 unspecified atom stereocenters. The monoisotopic (exact) mass is 405 g/mol. The standard InChI is InChI=1S/C18H17ClFN5OS/c1-10-5-4-6-16(11(10)2)25-18(22-23-24-25)27-12(3)17(26)21-13-7-8-15(20)14(19)9-13/h4-9,12H,1-3H3,(H,21,26). The molecule has 0 aliphatic heterocycles. The van der Waals surface area contributed by atoms with Crippen LogP contribution in [-0.4, -0.2) is 31.4 Å². The lowest BCUT2D eigenvalue weighted by Gasteiger charge is -2.13. The maximum absolute atomic E-state index is 13.2. The highest BCUT2D eigenvalue weighted by Gasteiger charge is 2.20. The minimum Gasteiger partial charge on any atom is -0.325 e. The number of nitrogens with zero attached hydrogens (tertiary/aromatic N) is 4. The normalized spacial score (nSPS) is 12.0. The van der Waals surface area contributed by atoms with Crippen molar-refractivity contribution < 1.29 is 9.18 Å². The number of anilines is 1. The van der Waals surface area contributed by atoms with Gasteiger partial charge in [-0.15, -0.1) is 5.10 Å². The molecule has 0 spiro atoms. The van der Waals surface area contributed by atoms with E-state index in [-0.39, 0.29) is 10.9 Å². The van der Waals surface area contributed by atoms with Gasteiger partial charge in [0.05, 0.1) is 16.0 Å². The summed E-state index contributed by atoms with van der Waals surface area (Å²) >= 11 is 6.98. The van der Waals surface area contributed by atoms with Crippen LogP contribution < -0.4 is 5.32 Å². The van der Waals surface area contributed by atoms with Gasteiger partial charge < -0.3 is 5.32 Å². The topological polar surface area (TPSA) is 72.7 Å². The van der Waals surface area contributed by atoms with Crippen molar-refractivity contribution in [3.05, 3.63) is 58.4 Å². The van der Waals surface area contributed by atoms with E-state index in [1.165, 1.54) is 30.0 Å². The number of benzene rings is 2. The van der Waals surface area contributed by atoms with Crippen LogP contribution in [0.3, 0.4) is 0 Å². The van der Waals surface area contributed by atoms with Crippen LogP contribution in [-0.2, 0) is 4.79 Å². The Morgan fingerprint density at radius 3 is 2.81 bits per heavy atom. The van der Waals surface area contributed by atoms with E-state index in [0.717, 1.165) is 16.8 Å². The Balaban J connectivity index is 1.76. The summed E-state index contributed by atoms with van der Waals surface area (Å²) in [6.07, 6.45) is 0. The van der Waals surface area contributed by atoms with Crippen LogP contribution >= 0.6 is 23.4 Å². The van der Waals surface area contributed by atoms with Crippen LogP contribution in [0.1, 0.15) is 18.1 Å². The van der Waals surface area contributed by atoms with E-state index in [0.29, 0.717) is 10.8 Å². The third kappa shape index (κ3) is 4.28. The van der Waals surface area contributed by atoms with Gasteiger partial charge in [-0.25, -0.2) is 4.39 Å². The van der Waals surface area contributed by atoms with Gasteiger partial charge in [0.25, 0.3) is 0 Å². The zero-order chi connectivity index (χ0) is 19.6. The molecule has 9 heteroatoms. The van der Waals surface area contributed by atoms with Gasteiger partial charge in [0.15, 0.2) is 0 Å². The van der Waals surface area contributed by atoms with Crippen LogP contribution in [0.15, 0.2) is 41.6 Å². The molecule has 1 N–H and O–H groups in total. The largest absolute Gasteiger partial charge is 0.325 e. The number of hydrogen-bond donors (Lipinski definition) is 1. The molecule has 1 aromatic heterocycles. The first-order valence-electron chi connectivity index (χ1n) is 8.14. The maximum atomic E-state index is 13.2. The molecule has 0 bridgehead atoms. The summed E-state index contributed by atoms with van der Waals surface area (Å²) in [4.78, 5) is 12.5. The summed E-state index contributed by atoms with van der Waals surface area (Å²) < 4.78 is 14.9. The Bertz CT molecular complexity index is 994. The molecule has 2 aromatic carbocycles. The first-order chi connectivity index (χ1) is 12.9. The smallest absolute Gasteiger partial charge is 0.237 e. The number of halogens is 2. The first-order valence-corrected chi connectivity index (χ1v) is 9.40. The second-order valence-electron chi connectivity index (χ2n) is 5.97. The van der Waals surface area contributed by atoms with Crippen molar-refractivity contribution in [2.24, 2.45) is 0 Å². The van der Waals surface area contributed by atoms with E-state index in [9.17, 15) is 9.18 Å². The average molecular weight is 406 g/mol. The van der Waals surface area contributed by atoms with Crippen LogP contribution in [0.25, 0.3) is 5.69 Å². The van der Waals surface area contributed by atoms with Crippen molar-refractivity contribution in [3.8, 4) is 5.69 Å². The van der Waals surface area contributed by atoms with Gasteiger partial charge in [0.2, 0.25) is 11.1 Å². The number of amides is 1. The second kappa shape index (κ2) is 8.06. The fourth-order valence-corrected chi connectivity index (χ4v) is 3.38. The zero-order valence-corrected chi connectivity index (χ0v) is 16.5. The third-order valence-corrected chi connectivity index (χ3v) is 5.41. The number of nitrogens with one attached hydrogen (secondary N) is 1. The van der Waals surface area contributed by atoms with E-state index in [2.05, 4.69) is 20.8 Å². The summed E-state index contributed by atoms with van der Waals surface area (Å²) in [6, 6.07) is 9.90. The predicted octanol–water partition coefficient (Wildman–Crippen LogP) is 4.19. The lowest BCUT2D eigenvalue weighted by Crippen LogP contribution is -2.23. The van der Waals surface area contributed by atoms with Gasteiger partial charge in [-0.3, -0.25) is 4.79 Å². The number of thioether (sulfide) groups is 1. The highest BCUT2D eigenvalue weighted by Crippen LogP contribution is 2.26. The number of rotatable bonds is 5. The van der Waals surface area contributed by atoms with Crippen LogP contribution in [0.5, 0.6) is 0 Å². The molecule has 1 heterocycles. The molecular formula is C18H17ClFN5OS. The number of carbonyl (C=O) groups is 1. The summed E-state index contributed by atoms with van der Waals surface area (Å²) in [5.41, 5.74) is 3.47. The third-order valence-electron chi connectivity index (χ3n) is 4.08. The van der Waals surface area contributed by atoms with E-state index in [1.807, 2.05) is 32.0 Å². The molecular weight excluding hydrogens is 389 g/mol. The Morgan fingerprint density at radius 2 is 2.07 bits per heavy atom. The lowest BCUT2D eigenvalue weighted by atomic mass is 10.1. The fourth-order valence-electron chi connectivity index (χ4n) is 2.40. The molecule has 0 aliphatic rings. The van der Waals surface area contributed by atoms with Gasteiger partial charge in [-0.1, -0.05) is 35.5 Å². The Hall–Kier alpha value is -2.45. The predicted molar refractivity (Wildman–Crippen MR) is 104 cm³/mol. The Kier molecular flexibility index (Phi) is 5.76. The van der Waals surface area contributed by atoms with Gasteiger partial charge in [0, 0.05) is 5.69 Å². The number of aryl methyl sites for hydroxylation is 1. The quantitative estimate of drug-likeness (QED) is 0.644. The Labute approximate surface area is 165 Å². The number of carbonyl (C=O) groups excluding carboxylic acids is 1. The fraction of sp³-hybridized carbons (Fsp3) is 0.222. The molecule has 3 aromatic rings. The van der Waals surface area contributed by atoms with Crippen molar-refractivity contribution in [2.45, 2.75) is 31.2 Å². The van der Waals surface area contributed by atoms with E-state index < -0.39 is 11.1 Å². The van der Waals surface area contributed by atoms with Crippen LogP contribution in [0.2, 0.25) is 5.02 Å². The molecule has 1 atom stereocenters. The zero-order valence-electron chi connectivity index (χ0n) is 14.9.